The average molecular weight is 296 g/mol. The molecule has 1 aromatic rings. The molecule has 0 saturated carbocycles. The molecule has 4 nitrogen and oxygen atoms in total. The van der Waals surface area contributed by atoms with E-state index in [9.17, 15) is 8.42 Å². The van der Waals surface area contributed by atoms with Crippen LogP contribution >= 0.6 is 0 Å². The molecule has 4 N–H and O–H groups in total. The number of nitrogens with two attached hydrogens (primary N) is 2. The third kappa shape index (κ3) is 25.0. The Kier molecular flexibility index (Phi) is 12.2. The molecule has 0 heterocycles. The number of hydrogen-bond acceptors (Lipinski definition) is 4. The molecule has 0 unspecified atom stereocenters. The average Bonchev–Trinajstić information content (AvgIpc) is 2.29. The summed E-state index contributed by atoms with van der Waals surface area (Å²) in [5, 5.41) is 0. The van der Waals surface area contributed by atoms with Crippen LogP contribution in [0.25, 0.3) is 0 Å². The number of rotatable bonds is 2. The van der Waals surface area contributed by atoms with Crippen molar-refractivity contribution in [1.29, 1.82) is 0 Å². The van der Waals surface area contributed by atoms with Gasteiger partial charge < -0.3 is 11.5 Å². The van der Waals surface area contributed by atoms with E-state index in [0.717, 1.165) is 23.9 Å². The fraction of sp³-hybridized carbons (Fsp3) is 0.200. The fourth-order valence-electron chi connectivity index (χ4n) is 0.837. The van der Waals surface area contributed by atoms with Gasteiger partial charge >= 0.3 is 0 Å². The molecule has 112 valence electrons. The lowest BCUT2D eigenvalue weighted by atomic mass is 10.3. The molecule has 0 bridgehead atoms. The van der Waals surface area contributed by atoms with E-state index in [1.807, 2.05) is 49.4 Å². The Morgan fingerprint density at radius 2 is 1.65 bits per heavy atom. The highest BCUT2D eigenvalue weighted by molar-refractivity contribution is 7.89. The van der Waals surface area contributed by atoms with Gasteiger partial charge in [-0.15, -0.1) is 0 Å². The zero-order valence-electron chi connectivity index (χ0n) is 12.3. The van der Waals surface area contributed by atoms with E-state index in [4.69, 9.17) is 11.5 Å². The Bertz CT molecular complexity index is 510. The Hall–Kier alpha value is -2.01. The standard InChI is InChI=1S/C7H11N.C6H7N.C2H6O2S/c1-3-5-7(8)6-4-2;7-6-4-2-1-3-5-6;1-5(2,3)4/h3-6H,1,8H2,2H3;1-5H,7H2;1-2H3/b6-4-,7-5+;;. The highest BCUT2D eigenvalue weighted by Gasteiger charge is 1.79. The quantitative estimate of drug-likeness (QED) is 0.648. The molecule has 0 aliphatic rings. The van der Waals surface area contributed by atoms with Crippen molar-refractivity contribution < 1.29 is 8.42 Å². The molecular formula is C15H24N2O2S. The van der Waals surface area contributed by atoms with Crippen molar-refractivity contribution in [3.8, 4) is 0 Å². The van der Waals surface area contributed by atoms with Crippen molar-refractivity contribution in [3.63, 3.8) is 0 Å². The van der Waals surface area contributed by atoms with Gasteiger partial charge in [0.05, 0.1) is 0 Å². The number of sulfone groups is 1. The molecule has 5 heteroatoms. The van der Waals surface area contributed by atoms with Crippen molar-refractivity contribution in [3.05, 3.63) is 66.9 Å². The van der Waals surface area contributed by atoms with E-state index >= 15 is 0 Å². The second kappa shape index (κ2) is 12.0. The summed E-state index contributed by atoms with van der Waals surface area (Å²) < 4.78 is 19.3. The summed E-state index contributed by atoms with van der Waals surface area (Å²) >= 11 is 0. The van der Waals surface area contributed by atoms with Gasteiger partial charge in [0.15, 0.2) is 0 Å². The summed E-state index contributed by atoms with van der Waals surface area (Å²) in [6, 6.07) is 9.49. The van der Waals surface area contributed by atoms with E-state index in [0.29, 0.717) is 0 Å². The van der Waals surface area contributed by atoms with Crippen LogP contribution in [-0.4, -0.2) is 20.9 Å². The summed E-state index contributed by atoms with van der Waals surface area (Å²) in [4.78, 5) is 0. The lowest BCUT2D eigenvalue weighted by Gasteiger charge is -1.84. The Morgan fingerprint density at radius 1 is 1.20 bits per heavy atom. The van der Waals surface area contributed by atoms with Crippen molar-refractivity contribution in [2.75, 3.05) is 18.2 Å². The van der Waals surface area contributed by atoms with E-state index < -0.39 is 9.84 Å². The predicted molar refractivity (Wildman–Crippen MR) is 88.9 cm³/mol. The highest BCUT2D eigenvalue weighted by Crippen LogP contribution is 1.95. The van der Waals surface area contributed by atoms with Gasteiger partial charge in [0, 0.05) is 23.9 Å². The maximum Gasteiger partial charge on any atom is 0.144 e. The van der Waals surface area contributed by atoms with Crippen LogP contribution in [0.1, 0.15) is 6.92 Å². The van der Waals surface area contributed by atoms with E-state index in [1.54, 1.807) is 12.2 Å². The number of anilines is 1. The molecule has 1 rings (SSSR count). The molecule has 20 heavy (non-hydrogen) atoms. The number of nitrogen functional groups attached to an aromatic ring is 1. The second-order valence-electron chi connectivity index (χ2n) is 3.96. The largest absolute Gasteiger partial charge is 0.399 e. The van der Waals surface area contributed by atoms with Crippen LogP contribution in [0.2, 0.25) is 0 Å². The molecule has 1 aromatic carbocycles. The molecule has 0 amide bonds. The zero-order valence-corrected chi connectivity index (χ0v) is 13.1. The van der Waals surface area contributed by atoms with Crippen LogP contribution in [0.3, 0.4) is 0 Å². The highest BCUT2D eigenvalue weighted by atomic mass is 32.2. The lowest BCUT2D eigenvalue weighted by Crippen LogP contribution is -1.90. The first-order chi connectivity index (χ1) is 9.20. The first kappa shape index (κ1) is 20.3. The van der Waals surface area contributed by atoms with Crippen LogP contribution in [0.5, 0.6) is 0 Å². The van der Waals surface area contributed by atoms with Crippen LogP contribution in [0.15, 0.2) is 66.9 Å². The molecule has 0 atom stereocenters. The van der Waals surface area contributed by atoms with Gasteiger partial charge in [0.2, 0.25) is 0 Å². The molecule has 0 spiro atoms. The predicted octanol–water partition coefficient (Wildman–Crippen LogP) is 2.52. The Morgan fingerprint density at radius 3 is 1.90 bits per heavy atom. The smallest absolute Gasteiger partial charge is 0.144 e. The number of benzene rings is 1. The van der Waals surface area contributed by atoms with Gasteiger partial charge in [-0.25, -0.2) is 8.42 Å². The SMILES string of the molecule is C=C/C=C(N)\C=C/C.CS(C)(=O)=O.Nc1ccccc1. The topological polar surface area (TPSA) is 86.2 Å². The van der Waals surface area contributed by atoms with Crippen LogP contribution in [-0.2, 0) is 9.84 Å². The molecule has 0 radical (unpaired) electrons. The Balaban J connectivity index is 0. The first-order valence-electron chi connectivity index (χ1n) is 5.87. The zero-order chi connectivity index (χ0) is 16.0. The van der Waals surface area contributed by atoms with Crippen molar-refractivity contribution in [2.45, 2.75) is 6.92 Å². The van der Waals surface area contributed by atoms with Gasteiger partial charge in [-0.3, -0.25) is 0 Å². The minimum atomic E-state index is -2.67. The number of hydrogen-bond donors (Lipinski definition) is 2. The van der Waals surface area contributed by atoms with Crippen molar-refractivity contribution >= 4 is 15.5 Å². The van der Waals surface area contributed by atoms with Gasteiger partial charge in [-0.1, -0.05) is 36.9 Å². The summed E-state index contributed by atoms with van der Waals surface area (Å²) in [7, 11) is -2.67. The normalized spacial score (nSPS) is 10.8. The Labute approximate surface area is 122 Å². The van der Waals surface area contributed by atoms with Crippen molar-refractivity contribution in [1.82, 2.24) is 0 Å². The molecule has 0 aromatic heterocycles. The second-order valence-corrected chi connectivity index (χ2v) is 6.24. The van der Waals surface area contributed by atoms with E-state index in [1.165, 1.54) is 0 Å². The third-order valence-electron chi connectivity index (χ3n) is 1.47. The van der Waals surface area contributed by atoms with Gasteiger partial charge in [-0.2, -0.15) is 0 Å². The summed E-state index contributed by atoms with van der Waals surface area (Å²) in [5.74, 6) is 0. The maximum atomic E-state index is 9.63. The van der Waals surface area contributed by atoms with Crippen LogP contribution in [0.4, 0.5) is 5.69 Å². The fourth-order valence-corrected chi connectivity index (χ4v) is 0.837. The van der Waals surface area contributed by atoms with Gasteiger partial charge in [0.25, 0.3) is 0 Å². The molecule has 0 aliphatic carbocycles. The minimum absolute atomic E-state index is 0.738. The first-order valence-corrected chi connectivity index (χ1v) is 8.17. The molecule has 0 aliphatic heterocycles. The molecule has 0 saturated heterocycles. The molecule has 0 fully saturated rings. The third-order valence-corrected chi connectivity index (χ3v) is 1.47. The van der Waals surface area contributed by atoms with Crippen LogP contribution < -0.4 is 11.5 Å². The number of allylic oxidation sites excluding steroid dienone is 4. The van der Waals surface area contributed by atoms with Gasteiger partial charge in [0.1, 0.15) is 9.84 Å². The van der Waals surface area contributed by atoms with Gasteiger partial charge in [-0.05, 0) is 31.2 Å². The maximum absolute atomic E-state index is 9.63. The monoisotopic (exact) mass is 296 g/mol. The van der Waals surface area contributed by atoms with Crippen molar-refractivity contribution in [2.24, 2.45) is 5.73 Å². The lowest BCUT2D eigenvalue weighted by molar-refractivity contribution is 0.607. The minimum Gasteiger partial charge on any atom is -0.399 e. The summed E-state index contributed by atoms with van der Waals surface area (Å²) in [6.45, 7) is 5.41. The number of para-hydroxylation sites is 1. The van der Waals surface area contributed by atoms with E-state index in [2.05, 4.69) is 6.58 Å². The molecular weight excluding hydrogens is 272 g/mol. The van der Waals surface area contributed by atoms with Crippen LogP contribution in [0, 0.1) is 0 Å². The van der Waals surface area contributed by atoms with E-state index in [-0.39, 0.29) is 0 Å². The summed E-state index contributed by atoms with van der Waals surface area (Å²) in [5.41, 5.74) is 12.3. The summed E-state index contributed by atoms with van der Waals surface area (Å²) in [6.07, 6.45) is 9.44.